The Balaban J connectivity index is 1.72. The lowest BCUT2D eigenvalue weighted by Gasteiger charge is -2.08. The van der Waals surface area contributed by atoms with Crippen molar-refractivity contribution in [2.45, 2.75) is 17.3 Å². The number of nitrogens with zero attached hydrogens (tertiary/aromatic N) is 2. The molecule has 0 fully saturated rings. The van der Waals surface area contributed by atoms with Crippen LogP contribution in [0.1, 0.15) is 17.7 Å². The standard InChI is InChI=1S/C17H16FN3OS/c1-11(12-3-7-14(18)8-4-12)23-17-19-16(20-21-17)13-5-9-15(22-2)10-6-13/h3-11H,1-2H3,(H,19,20,21)/t11-/m0/s1. The molecule has 0 saturated carbocycles. The van der Waals surface area contributed by atoms with Crippen LogP contribution in [0.4, 0.5) is 4.39 Å². The number of hydrogen-bond acceptors (Lipinski definition) is 4. The van der Waals surface area contributed by atoms with Crippen LogP contribution in [0.3, 0.4) is 0 Å². The number of H-pyrrole nitrogens is 1. The van der Waals surface area contributed by atoms with E-state index in [4.69, 9.17) is 4.74 Å². The Bertz CT molecular complexity index is 771. The molecular formula is C17H16FN3OS. The van der Waals surface area contributed by atoms with Crippen molar-refractivity contribution in [3.8, 4) is 17.1 Å². The highest BCUT2D eigenvalue weighted by atomic mass is 32.2. The minimum atomic E-state index is -0.231. The molecule has 0 aliphatic carbocycles. The number of halogens is 1. The van der Waals surface area contributed by atoms with Crippen LogP contribution in [0, 0.1) is 5.82 Å². The van der Waals surface area contributed by atoms with Gasteiger partial charge in [-0.25, -0.2) is 9.37 Å². The predicted molar refractivity (Wildman–Crippen MR) is 89.0 cm³/mol. The molecule has 1 N–H and O–H groups in total. The molecule has 1 heterocycles. The van der Waals surface area contributed by atoms with Crippen LogP contribution in [0.2, 0.25) is 0 Å². The Hall–Kier alpha value is -2.34. The van der Waals surface area contributed by atoms with Gasteiger partial charge in [-0.1, -0.05) is 23.9 Å². The molecule has 0 spiro atoms. The quantitative estimate of drug-likeness (QED) is 0.702. The van der Waals surface area contributed by atoms with E-state index in [-0.39, 0.29) is 11.1 Å². The number of thioether (sulfide) groups is 1. The summed E-state index contributed by atoms with van der Waals surface area (Å²) in [4.78, 5) is 4.50. The van der Waals surface area contributed by atoms with E-state index in [1.165, 1.54) is 23.9 Å². The van der Waals surface area contributed by atoms with Crippen molar-refractivity contribution in [3.05, 3.63) is 59.9 Å². The van der Waals surface area contributed by atoms with E-state index in [1.54, 1.807) is 19.2 Å². The highest BCUT2D eigenvalue weighted by Crippen LogP contribution is 2.33. The minimum absolute atomic E-state index is 0.134. The summed E-state index contributed by atoms with van der Waals surface area (Å²) in [5, 5.41) is 7.98. The molecule has 118 valence electrons. The molecule has 2 aromatic carbocycles. The topological polar surface area (TPSA) is 50.8 Å². The summed E-state index contributed by atoms with van der Waals surface area (Å²) in [5.41, 5.74) is 1.98. The van der Waals surface area contributed by atoms with E-state index in [2.05, 4.69) is 15.2 Å². The summed E-state index contributed by atoms with van der Waals surface area (Å²) in [6.07, 6.45) is 0. The molecule has 6 heteroatoms. The predicted octanol–water partition coefficient (Wildman–Crippen LogP) is 4.47. The lowest BCUT2D eigenvalue weighted by atomic mass is 10.2. The maximum atomic E-state index is 13.0. The van der Waals surface area contributed by atoms with Crippen molar-refractivity contribution in [2.24, 2.45) is 0 Å². The molecule has 1 atom stereocenters. The van der Waals surface area contributed by atoms with E-state index in [0.29, 0.717) is 11.0 Å². The largest absolute Gasteiger partial charge is 0.497 e. The number of rotatable bonds is 5. The van der Waals surface area contributed by atoms with Crippen LogP contribution in [-0.4, -0.2) is 22.3 Å². The first-order chi connectivity index (χ1) is 11.2. The summed E-state index contributed by atoms with van der Waals surface area (Å²) >= 11 is 1.53. The van der Waals surface area contributed by atoms with Gasteiger partial charge in [0, 0.05) is 10.8 Å². The van der Waals surface area contributed by atoms with Gasteiger partial charge in [-0.05, 0) is 48.9 Å². The van der Waals surface area contributed by atoms with E-state index in [1.807, 2.05) is 31.2 Å². The maximum absolute atomic E-state index is 13.0. The third-order valence-corrected chi connectivity index (χ3v) is 4.47. The van der Waals surface area contributed by atoms with Crippen LogP contribution in [0.15, 0.2) is 53.7 Å². The van der Waals surface area contributed by atoms with E-state index in [9.17, 15) is 4.39 Å². The Morgan fingerprint density at radius 1 is 1.09 bits per heavy atom. The molecular weight excluding hydrogens is 313 g/mol. The number of aromatic amines is 1. The number of methoxy groups -OCH3 is 1. The summed E-state index contributed by atoms with van der Waals surface area (Å²) in [5.74, 6) is 1.28. The second-order valence-corrected chi connectivity index (χ2v) is 6.31. The summed E-state index contributed by atoms with van der Waals surface area (Å²) in [6, 6.07) is 14.1. The first-order valence-electron chi connectivity index (χ1n) is 7.14. The van der Waals surface area contributed by atoms with Gasteiger partial charge in [0.2, 0.25) is 5.16 Å². The average Bonchev–Trinajstić information content (AvgIpc) is 3.04. The molecule has 0 unspecified atom stereocenters. The number of nitrogens with one attached hydrogen (secondary N) is 1. The van der Waals surface area contributed by atoms with Crippen molar-refractivity contribution >= 4 is 11.8 Å². The zero-order valence-corrected chi connectivity index (χ0v) is 13.6. The molecule has 0 amide bonds. The molecule has 3 aromatic rings. The Morgan fingerprint density at radius 2 is 1.78 bits per heavy atom. The summed E-state index contributed by atoms with van der Waals surface area (Å²) in [6.45, 7) is 2.04. The molecule has 0 saturated heterocycles. The highest BCUT2D eigenvalue weighted by Gasteiger charge is 2.12. The van der Waals surface area contributed by atoms with Gasteiger partial charge in [0.15, 0.2) is 5.82 Å². The molecule has 4 nitrogen and oxygen atoms in total. The van der Waals surface area contributed by atoms with Gasteiger partial charge in [-0.2, -0.15) is 0 Å². The zero-order valence-electron chi connectivity index (χ0n) is 12.8. The van der Waals surface area contributed by atoms with Gasteiger partial charge in [-0.3, -0.25) is 5.10 Å². The van der Waals surface area contributed by atoms with Gasteiger partial charge >= 0.3 is 0 Å². The van der Waals surface area contributed by atoms with Crippen LogP contribution < -0.4 is 4.74 Å². The zero-order chi connectivity index (χ0) is 16.2. The van der Waals surface area contributed by atoms with Crippen molar-refractivity contribution in [3.63, 3.8) is 0 Å². The van der Waals surface area contributed by atoms with Crippen molar-refractivity contribution < 1.29 is 9.13 Å². The molecule has 0 radical (unpaired) electrons. The van der Waals surface area contributed by atoms with Crippen LogP contribution >= 0.6 is 11.8 Å². The Labute approximate surface area is 138 Å². The second kappa shape index (κ2) is 6.83. The summed E-state index contributed by atoms with van der Waals surface area (Å²) in [7, 11) is 1.63. The fourth-order valence-corrected chi connectivity index (χ4v) is 2.99. The smallest absolute Gasteiger partial charge is 0.209 e. The van der Waals surface area contributed by atoms with Crippen molar-refractivity contribution in [1.29, 1.82) is 0 Å². The fraction of sp³-hybridized carbons (Fsp3) is 0.176. The number of aromatic nitrogens is 3. The van der Waals surface area contributed by atoms with E-state index < -0.39 is 0 Å². The monoisotopic (exact) mass is 329 g/mol. The lowest BCUT2D eigenvalue weighted by molar-refractivity contribution is 0.415. The van der Waals surface area contributed by atoms with Crippen molar-refractivity contribution in [2.75, 3.05) is 7.11 Å². The molecule has 23 heavy (non-hydrogen) atoms. The Kier molecular flexibility index (Phi) is 4.62. The van der Waals surface area contributed by atoms with Gasteiger partial charge in [0.25, 0.3) is 0 Å². The van der Waals surface area contributed by atoms with Crippen LogP contribution in [0.25, 0.3) is 11.4 Å². The minimum Gasteiger partial charge on any atom is -0.497 e. The van der Waals surface area contributed by atoms with E-state index in [0.717, 1.165) is 16.9 Å². The second-order valence-electron chi connectivity index (χ2n) is 5.01. The van der Waals surface area contributed by atoms with Gasteiger partial charge in [0.1, 0.15) is 11.6 Å². The maximum Gasteiger partial charge on any atom is 0.209 e. The normalized spacial score (nSPS) is 12.1. The molecule has 0 aliphatic rings. The van der Waals surface area contributed by atoms with Crippen LogP contribution in [-0.2, 0) is 0 Å². The molecule has 1 aromatic heterocycles. The van der Waals surface area contributed by atoms with Crippen molar-refractivity contribution in [1.82, 2.24) is 15.2 Å². The van der Waals surface area contributed by atoms with Gasteiger partial charge in [0.05, 0.1) is 7.11 Å². The highest BCUT2D eigenvalue weighted by molar-refractivity contribution is 7.99. The average molecular weight is 329 g/mol. The third-order valence-electron chi connectivity index (χ3n) is 3.45. The fourth-order valence-electron chi connectivity index (χ4n) is 2.14. The number of hydrogen-bond donors (Lipinski definition) is 1. The SMILES string of the molecule is COc1ccc(-c2nc(S[C@@H](C)c3ccc(F)cc3)n[nH]2)cc1. The molecule has 0 aliphatic heterocycles. The molecule has 3 rings (SSSR count). The summed E-state index contributed by atoms with van der Waals surface area (Å²) < 4.78 is 18.1. The number of ether oxygens (including phenoxy) is 1. The van der Waals surface area contributed by atoms with Gasteiger partial charge in [-0.15, -0.1) is 5.10 Å². The Morgan fingerprint density at radius 3 is 2.43 bits per heavy atom. The van der Waals surface area contributed by atoms with E-state index >= 15 is 0 Å². The number of benzene rings is 2. The first kappa shape index (κ1) is 15.6. The van der Waals surface area contributed by atoms with Gasteiger partial charge < -0.3 is 4.74 Å². The third kappa shape index (κ3) is 3.71. The lowest BCUT2D eigenvalue weighted by Crippen LogP contribution is -1.89. The molecule has 0 bridgehead atoms. The first-order valence-corrected chi connectivity index (χ1v) is 8.02. The van der Waals surface area contributed by atoms with Crippen LogP contribution in [0.5, 0.6) is 5.75 Å².